The number of carbonyl (C=O) groups excluding carboxylic acids is 1. The lowest BCUT2D eigenvalue weighted by Gasteiger charge is -2.25. The maximum Gasteiger partial charge on any atom is 0.230 e. The Morgan fingerprint density at radius 3 is 2.63 bits per heavy atom. The molecule has 1 aromatic heterocycles. The molecule has 0 unspecified atom stereocenters. The van der Waals surface area contributed by atoms with E-state index in [0.29, 0.717) is 6.54 Å². The molecule has 1 aromatic rings. The maximum atomic E-state index is 12.3. The van der Waals surface area contributed by atoms with E-state index < -0.39 is 0 Å². The molecule has 19 heavy (non-hydrogen) atoms. The average molecular weight is 263 g/mol. The van der Waals surface area contributed by atoms with Crippen LogP contribution in [0.2, 0.25) is 0 Å². The molecule has 1 rings (SSSR count). The fourth-order valence-corrected chi connectivity index (χ4v) is 1.99. The van der Waals surface area contributed by atoms with Crippen molar-refractivity contribution >= 4 is 11.7 Å². The second kappa shape index (κ2) is 7.87. The molecule has 0 spiro atoms. The van der Waals surface area contributed by atoms with Gasteiger partial charge in [0.25, 0.3) is 0 Å². The number of carbonyl (C=O) groups is 1. The van der Waals surface area contributed by atoms with Crippen molar-refractivity contribution in [2.24, 2.45) is 5.92 Å². The lowest BCUT2D eigenvalue weighted by molar-refractivity contribution is -0.121. The highest BCUT2D eigenvalue weighted by molar-refractivity contribution is 5.94. The number of unbranched alkanes of at least 4 members (excludes halogenated alkanes) is 1. The third kappa shape index (κ3) is 4.30. The molecule has 4 nitrogen and oxygen atoms in total. The van der Waals surface area contributed by atoms with Crippen molar-refractivity contribution in [2.75, 3.05) is 11.4 Å². The molecule has 0 aliphatic carbocycles. The van der Waals surface area contributed by atoms with E-state index in [1.54, 1.807) is 0 Å². The van der Waals surface area contributed by atoms with Gasteiger partial charge in [0.15, 0.2) is 0 Å². The summed E-state index contributed by atoms with van der Waals surface area (Å²) in [7, 11) is 0. The molecule has 0 saturated carbocycles. The highest BCUT2D eigenvalue weighted by atomic mass is 16.2. The van der Waals surface area contributed by atoms with Crippen LogP contribution in [-0.4, -0.2) is 22.4 Å². The van der Waals surface area contributed by atoms with Gasteiger partial charge in [-0.1, -0.05) is 34.1 Å². The number of anilines is 1. The number of nitrogens with zero attached hydrogens (tertiary/aromatic N) is 3. The van der Waals surface area contributed by atoms with Crippen LogP contribution in [0.25, 0.3) is 0 Å². The molecule has 4 heteroatoms. The van der Waals surface area contributed by atoms with Crippen LogP contribution in [0, 0.1) is 5.92 Å². The molecule has 0 aromatic carbocycles. The molecule has 1 heterocycles. The molecule has 0 bridgehead atoms. The van der Waals surface area contributed by atoms with Crippen LogP contribution in [0.4, 0.5) is 5.82 Å². The third-order valence-electron chi connectivity index (χ3n) is 3.03. The minimum absolute atomic E-state index is 0.0134. The van der Waals surface area contributed by atoms with Crippen molar-refractivity contribution in [3.05, 3.63) is 18.1 Å². The summed E-state index contributed by atoms with van der Waals surface area (Å²) < 4.78 is 0. The molecule has 0 saturated heterocycles. The monoisotopic (exact) mass is 263 g/mol. The first-order valence-corrected chi connectivity index (χ1v) is 7.22. The van der Waals surface area contributed by atoms with E-state index in [2.05, 4.69) is 23.8 Å². The molecule has 0 N–H and O–H groups in total. The van der Waals surface area contributed by atoms with Crippen LogP contribution >= 0.6 is 0 Å². The van der Waals surface area contributed by atoms with Crippen LogP contribution in [0.5, 0.6) is 0 Å². The molecule has 1 amide bonds. The first-order valence-electron chi connectivity index (χ1n) is 7.22. The minimum Gasteiger partial charge on any atom is -0.296 e. The Morgan fingerprint density at radius 1 is 1.32 bits per heavy atom. The molecular weight excluding hydrogens is 238 g/mol. The van der Waals surface area contributed by atoms with E-state index in [1.165, 1.54) is 6.33 Å². The van der Waals surface area contributed by atoms with E-state index in [0.717, 1.165) is 37.1 Å². The van der Waals surface area contributed by atoms with Crippen LogP contribution in [0.1, 0.15) is 52.5 Å². The number of hydrogen-bond acceptors (Lipinski definition) is 3. The zero-order chi connectivity index (χ0) is 14.3. The zero-order valence-electron chi connectivity index (χ0n) is 12.5. The smallest absolute Gasteiger partial charge is 0.230 e. The second-order valence-corrected chi connectivity index (χ2v) is 5.12. The first kappa shape index (κ1) is 15.6. The van der Waals surface area contributed by atoms with E-state index in [9.17, 15) is 4.79 Å². The van der Waals surface area contributed by atoms with Gasteiger partial charge in [-0.3, -0.25) is 9.69 Å². The topological polar surface area (TPSA) is 46.1 Å². The summed E-state index contributed by atoms with van der Waals surface area (Å²) >= 11 is 0. The number of amides is 1. The molecular formula is C15H25N3O. The van der Waals surface area contributed by atoms with Crippen molar-refractivity contribution in [1.82, 2.24) is 9.97 Å². The summed E-state index contributed by atoms with van der Waals surface area (Å²) in [4.78, 5) is 22.6. The summed E-state index contributed by atoms with van der Waals surface area (Å²) in [5, 5.41) is 0. The van der Waals surface area contributed by atoms with Gasteiger partial charge in [0.2, 0.25) is 5.91 Å². The van der Waals surface area contributed by atoms with E-state index in [1.807, 2.05) is 24.9 Å². The van der Waals surface area contributed by atoms with Crippen LogP contribution in [-0.2, 0) is 11.2 Å². The highest BCUT2D eigenvalue weighted by Gasteiger charge is 2.21. The van der Waals surface area contributed by atoms with Crippen molar-refractivity contribution in [3.63, 3.8) is 0 Å². The van der Waals surface area contributed by atoms with Crippen molar-refractivity contribution in [3.8, 4) is 0 Å². The summed E-state index contributed by atoms with van der Waals surface area (Å²) in [6.07, 6.45) is 7.44. The van der Waals surface area contributed by atoms with Gasteiger partial charge in [-0.25, -0.2) is 9.97 Å². The van der Waals surface area contributed by atoms with Crippen LogP contribution in [0.15, 0.2) is 12.5 Å². The van der Waals surface area contributed by atoms with Gasteiger partial charge in [-0.15, -0.1) is 0 Å². The third-order valence-corrected chi connectivity index (χ3v) is 3.03. The van der Waals surface area contributed by atoms with Gasteiger partial charge < -0.3 is 0 Å². The molecule has 0 radical (unpaired) electrons. The summed E-state index contributed by atoms with van der Waals surface area (Å²) in [6, 6.07) is 0. The van der Waals surface area contributed by atoms with Gasteiger partial charge in [-0.05, 0) is 19.3 Å². The molecule has 0 aliphatic rings. The average Bonchev–Trinajstić information content (AvgIpc) is 2.42. The van der Waals surface area contributed by atoms with Crippen molar-refractivity contribution in [1.29, 1.82) is 0 Å². The number of aryl methyl sites for hydroxylation is 1. The molecule has 0 fully saturated rings. The van der Waals surface area contributed by atoms with E-state index >= 15 is 0 Å². The van der Waals surface area contributed by atoms with Gasteiger partial charge >= 0.3 is 0 Å². The fourth-order valence-electron chi connectivity index (χ4n) is 1.99. The van der Waals surface area contributed by atoms with Gasteiger partial charge in [0.05, 0.1) is 0 Å². The predicted octanol–water partition coefficient (Wildman–Crippen LogP) is 3.22. The van der Waals surface area contributed by atoms with Gasteiger partial charge in [-0.2, -0.15) is 0 Å². The first-order chi connectivity index (χ1) is 9.11. The number of rotatable bonds is 7. The number of hydrogen-bond donors (Lipinski definition) is 0. The van der Waals surface area contributed by atoms with Crippen LogP contribution < -0.4 is 4.90 Å². The van der Waals surface area contributed by atoms with Crippen molar-refractivity contribution < 1.29 is 4.79 Å². The Kier molecular flexibility index (Phi) is 6.46. The van der Waals surface area contributed by atoms with Crippen molar-refractivity contribution in [2.45, 2.75) is 53.4 Å². The minimum atomic E-state index is -0.0134. The summed E-state index contributed by atoms with van der Waals surface area (Å²) in [6.45, 7) is 8.81. The standard InChI is InChI=1S/C15H25N3O/c1-5-7-8-13-10-16-11-17-14(13)18(9-6-2)15(19)12(3)4/h10-12H,5-9H2,1-4H3. The Bertz CT molecular complexity index is 404. The predicted molar refractivity (Wildman–Crippen MR) is 78.1 cm³/mol. The molecule has 106 valence electrons. The lowest BCUT2D eigenvalue weighted by Crippen LogP contribution is -2.36. The second-order valence-electron chi connectivity index (χ2n) is 5.12. The maximum absolute atomic E-state index is 12.3. The molecule has 0 atom stereocenters. The van der Waals surface area contributed by atoms with E-state index in [-0.39, 0.29) is 11.8 Å². The van der Waals surface area contributed by atoms with Crippen LogP contribution in [0.3, 0.4) is 0 Å². The largest absolute Gasteiger partial charge is 0.296 e. The van der Waals surface area contributed by atoms with Gasteiger partial charge in [0.1, 0.15) is 12.1 Å². The Hall–Kier alpha value is -1.45. The SMILES string of the molecule is CCCCc1cncnc1N(CCC)C(=O)C(C)C. The quantitative estimate of drug-likeness (QED) is 0.758. The lowest BCUT2D eigenvalue weighted by atomic mass is 10.1. The normalized spacial score (nSPS) is 10.8. The summed E-state index contributed by atoms with van der Waals surface area (Å²) in [5.41, 5.74) is 1.08. The highest BCUT2D eigenvalue weighted by Crippen LogP contribution is 2.20. The Labute approximate surface area is 116 Å². The Morgan fingerprint density at radius 2 is 2.05 bits per heavy atom. The fraction of sp³-hybridized carbons (Fsp3) is 0.667. The zero-order valence-corrected chi connectivity index (χ0v) is 12.5. The van der Waals surface area contributed by atoms with Gasteiger partial charge in [0, 0.05) is 24.2 Å². The summed E-state index contributed by atoms with van der Waals surface area (Å²) in [5.74, 6) is 0.919. The number of aromatic nitrogens is 2. The Balaban J connectivity index is 3.04. The molecule has 0 aliphatic heterocycles. The van der Waals surface area contributed by atoms with E-state index in [4.69, 9.17) is 0 Å².